The monoisotopic (exact) mass is 352 g/mol. The molecule has 0 aliphatic heterocycles. The summed E-state index contributed by atoms with van der Waals surface area (Å²) in [5, 5.41) is 21.5. The molecule has 2 amide bonds. The van der Waals surface area contributed by atoms with Gasteiger partial charge in [-0.05, 0) is 19.4 Å². The summed E-state index contributed by atoms with van der Waals surface area (Å²) in [4.78, 5) is 29.1. The van der Waals surface area contributed by atoms with Crippen molar-refractivity contribution in [2.75, 3.05) is 13.1 Å². The maximum absolute atomic E-state index is 12.0. The van der Waals surface area contributed by atoms with E-state index in [-0.39, 0.29) is 36.6 Å². The van der Waals surface area contributed by atoms with Gasteiger partial charge >= 0.3 is 12.0 Å². The zero-order valence-electron chi connectivity index (χ0n) is 15.3. The second-order valence-electron chi connectivity index (χ2n) is 7.46. The minimum atomic E-state index is -0.822. The van der Waals surface area contributed by atoms with Crippen LogP contribution in [0, 0.1) is 0 Å². The number of aromatic nitrogens is 3. The Morgan fingerprint density at radius 1 is 1.36 bits per heavy atom. The molecule has 9 heteroatoms. The Morgan fingerprint density at radius 3 is 2.56 bits per heavy atom. The van der Waals surface area contributed by atoms with Crippen molar-refractivity contribution in [1.82, 2.24) is 30.7 Å². The highest BCUT2D eigenvalue weighted by Gasteiger charge is 2.34. The lowest BCUT2D eigenvalue weighted by Gasteiger charge is -2.42. The number of carbonyl (C=O) groups excluding carboxylic acids is 1. The number of rotatable bonds is 7. The highest BCUT2D eigenvalue weighted by atomic mass is 16.4. The number of amides is 2. The molecule has 1 aromatic rings. The third-order valence-corrected chi connectivity index (χ3v) is 4.33. The van der Waals surface area contributed by atoms with Crippen molar-refractivity contribution in [2.45, 2.75) is 64.6 Å². The van der Waals surface area contributed by atoms with Crippen LogP contribution in [-0.4, -0.2) is 62.4 Å². The van der Waals surface area contributed by atoms with Gasteiger partial charge in [0.15, 0.2) is 5.82 Å². The fourth-order valence-electron chi connectivity index (χ4n) is 2.79. The molecule has 2 rings (SSSR count). The van der Waals surface area contributed by atoms with Gasteiger partial charge in [-0.25, -0.2) is 9.78 Å². The number of hydrogen-bond donors (Lipinski definition) is 4. The zero-order chi connectivity index (χ0) is 18.6. The lowest BCUT2D eigenvalue weighted by atomic mass is 9.85. The summed E-state index contributed by atoms with van der Waals surface area (Å²) >= 11 is 0. The Bertz CT molecular complexity index is 603. The molecule has 0 aromatic carbocycles. The van der Waals surface area contributed by atoms with E-state index in [4.69, 9.17) is 5.11 Å². The first kappa shape index (κ1) is 19.2. The van der Waals surface area contributed by atoms with E-state index in [1.54, 1.807) is 0 Å². The van der Waals surface area contributed by atoms with Crippen LogP contribution in [0.25, 0.3) is 0 Å². The molecule has 1 heterocycles. The van der Waals surface area contributed by atoms with E-state index in [0.29, 0.717) is 18.2 Å². The average Bonchev–Trinajstić information content (AvgIpc) is 2.95. The number of aliphatic carboxylic acids is 1. The molecule has 1 fully saturated rings. The highest BCUT2D eigenvalue weighted by molar-refractivity contribution is 5.74. The first-order chi connectivity index (χ1) is 11.7. The SMILES string of the molecule is CCN(CC(=O)O)C1CC(NC(=O)NCc2nc(C(C)(C)C)n[nH]2)C1. The van der Waals surface area contributed by atoms with E-state index in [1.165, 1.54) is 0 Å². The van der Waals surface area contributed by atoms with Gasteiger partial charge in [0.1, 0.15) is 5.82 Å². The molecular formula is C16H28N6O3. The molecular weight excluding hydrogens is 324 g/mol. The van der Waals surface area contributed by atoms with Crippen LogP contribution < -0.4 is 10.6 Å². The molecule has 0 saturated heterocycles. The number of H-pyrrole nitrogens is 1. The van der Waals surface area contributed by atoms with Crippen molar-refractivity contribution in [3.63, 3.8) is 0 Å². The number of carboxylic acids is 1. The molecule has 4 N–H and O–H groups in total. The van der Waals surface area contributed by atoms with Gasteiger partial charge in [0.25, 0.3) is 0 Å². The van der Waals surface area contributed by atoms with E-state index < -0.39 is 5.97 Å². The molecule has 1 aromatic heterocycles. The van der Waals surface area contributed by atoms with Gasteiger partial charge in [0, 0.05) is 17.5 Å². The molecule has 0 bridgehead atoms. The first-order valence-electron chi connectivity index (χ1n) is 8.61. The van der Waals surface area contributed by atoms with Gasteiger partial charge in [0.05, 0.1) is 13.1 Å². The van der Waals surface area contributed by atoms with Crippen LogP contribution in [0.3, 0.4) is 0 Å². The van der Waals surface area contributed by atoms with Crippen molar-refractivity contribution in [3.8, 4) is 0 Å². The van der Waals surface area contributed by atoms with Gasteiger partial charge < -0.3 is 15.7 Å². The molecule has 9 nitrogen and oxygen atoms in total. The molecule has 1 aliphatic carbocycles. The van der Waals surface area contributed by atoms with Crippen LogP contribution >= 0.6 is 0 Å². The molecule has 140 valence electrons. The lowest BCUT2D eigenvalue weighted by Crippen LogP contribution is -2.56. The number of likely N-dealkylation sites (N-methyl/N-ethyl adjacent to an activating group) is 1. The van der Waals surface area contributed by atoms with Crippen molar-refractivity contribution >= 4 is 12.0 Å². The Morgan fingerprint density at radius 2 is 2.04 bits per heavy atom. The van der Waals surface area contributed by atoms with Crippen LogP contribution in [0.15, 0.2) is 0 Å². The number of carbonyl (C=O) groups is 2. The van der Waals surface area contributed by atoms with Crippen LogP contribution in [0.4, 0.5) is 4.79 Å². The van der Waals surface area contributed by atoms with Gasteiger partial charge in [-0.1, -0.05) is 27.7 Å². The maximum atomic E-state index is 12.0. The lowest BCUT2D eigenvalue weighted by molar-refractivity contribution is -0.139. The molecule has 1 saturated carbocycles. The van der Waals surface area contributed by atoms with E-state index in [1.807, 2.05) is 32.6 Å². The van der Waals surface area contributed by atoms with E-state index in [2.05, 4.69) is 25.8 Å². The van der Waals surface area contributed by atoms with Crippen molar-refractivity contribution < 1.29 is 14.7 Å². The second kappa shape index (κ2) is 7.81. The van der Waals surface area contributed by atoms with Crippen LogP contribution in [-0.2, 0) is 16.8 Å². The number of nitrogens with one attached hydrogen (secondary N) is 3. The molecule has 25 heavy (non-hydrogen) atoms. The van der Waals surface area contributed by atoms with Crippen LogP contribution in [0.2, 0.25) is 0 Å². The molecule has 1 aliphatic rings. The summed E-state index contributed by atoms with van der Waals surface area (Å²) in [6.45, 7) is 9.04. The summed E-state index contributed by atoms with van der Waals surface area (Å²) in [5.41, 5.74) is -0.140. The standard InChI is InChI=1S/C16H28N6O3/c1-5-22(9-13(23)24)11-6-10(7-11)18-15(25)17-8-12-19-14(21-20-12)16(2,3)4/h10-11H,5-9H2,1-4H3,(H,23,24)(H2,17,18,25)(H,19,20,21). The summed E-state index contributed by atoms with van der Waals surface area (Å²) in [6.07, 6.45) is 1.54. The van der Waals surface area contributed by atoms with E-state index in [0.717, 1.165) is 12.8 Å². The predicted octanol–water partition coefficient (Wildman–Crippen LogP) is 0.839. The Hall–Kier alpha value is -2.16. The topological polar surface area (TPSA) is 123 Å². The fourth-order valence-corrected chi connectivity index (χ4v) is 2.79. The average molecular weight is 352 g/mol. The van der Waals surface area contributed by atoms with E-state index >= 15 is 0 Å². The largest absolute Gasteiger partial charge is 0.480 e. The summed E-state index contributed by atoms with van der Waals surface area (Å²) < 4.78 is 0. The predicted molar refractivity (Wildman–Crippen MR) is 92.1 cm³/mol. The number of nitrogens with zero attached hydrogens (tertiary/aromatic N) is 3. The Kier molecular flexibility index (Phi) is 5.99. The number of aromatic amines is 1. The summed E-state index contributed by atoms with van der Waals surface area (Å²) in [5.74, 6) is 0.507. The van der Waals surface area contributed by atoms with Gasteiger partial charge in [-0.15, -0.1) is 0 Å². The van der Waals surface area contributed by atoms with E-state index in [9.17, 15) is 9.59 Å². The zero-order valence-corrected chi connectivity index (χ0v) is 15.3. The molecule has 0 atom stereocenters. The Balaban J connectivity index is 1.70. The molecule has 0 radical (unpaired) electrons. The highest BCUT2D eigenvalue weighted by Crippen LogP contribution is 2.25. The summed E-state index contributed by atoms with van der Waals surface area (Å²) in [6, 6.07) is 0.0427. The van der Waals surface area contributed by atoms with Gasteiger partial charge in [-0.2, -0.15) is 5.10 Å². The third-order valence-electron chi connectivity index (χ3n) is 4.33. The minimum absolute atomic E-state index is 0.0433. The van der Waals surface area contributed by atoms with Crippen LogP contribution in [0.5, 0.6) is 0 Å². The third kappa shape index (κ3) is 5.42. The molecule has 0 spiro atoms. The Labute approximate surface area is 147 Å². The first-order valence-corrected chi connectivity index (χ1v) is 8.61. The van der Waals surface area contributed by atoms with Crippen LogP contribution in [0.1, 0.15) is 52.2 Å². The second-order valence-corrected chi connectivity index (χ2v) is 7.46. The minimum Gasteiger partial charge on any atom is -0.480 e. The summed E-state index contributed by atoms with van der Waals surface area (Å²) in [7, 11) is 0. The number of urea groups is 1. The number of carboxylic acid groups (broad SMARTS) is 1. The van der Waals surface area contributed by atoms with Gasteiger partial charge in [0.2, 0.25) is 0 Å². The van der Waals surface area contributed by atoms with Gasteiger partial charge in [-0.3, -0.25) is 14.8 Å². The quantitative estimate of drug-likeness (QED) is 0.576. The van der Waals surface area contributed by atoms with Crippen molar-refractivity contribution in [1.29, 1.82) is 0 Å². The molecule has 0 unspecified atom stereocenters. The smallest absolute Gasteiger partial charge is 0.317 e. The number of hydrogen-bond acceptors (Lipinski definition) is 5. The van der Waals surface area contributed by atoms with Crippen molar-refractivity contribution in [3.05, 3.63) is 11.6 Å². The maximum Gasteiger partial charge on any atom is 0.317 e. The fraction of sp³-hybridized carbons (Fsp3) is 0.750. The van der Waals surface area contributed by atoms with Crippen molar-refractivity contribution in [2.24, 2.45) is 0 Å². The normalized spacial score (nSPS) is 20.2.